The molecule has 0 aliphatic carbocycles. The maximum Gasteiger partial charge on any atom is 0.253 e. The summed E-state index contributed by atoms with van der Waals surface area (Å²) in [6, 6.07) is 7.75. The summed E-state index contributed by atoms with van der Waals surface area (Å²) in [4.78, 5) is 22.5. The second kappa shape index (κ2) is 12.0. The maximum absolute atomic E-state index is 12.1. The van der Waals surface area contributed by atoms with Crippen molar-refractivity contribution in [2.24, 2.45) is 4.99 Å². The average Bonchev–Trinajstić information content (AvgIpc) is 3.13. The number of benzene rings is 1. The number of hydrogen-bond acceptors (Lipinski definition) is 4. The molecule has 1 amide bonds. The van der Waals surface area contributed by atoms with E-state index in [-0.39, 0.29) is 29.9 Å². The van der Waals surface area contributed by atoms with Crippen LogP contribution in [0.1, 0.15) is 46.4 Å². The van der Waals surface area contributed by atoms with E-state index in [4.69, 9.17) is 0 Å². The van der Waals surface area contributed by atoms with Crippen LogP contribution in [0.5, 0.6) is 0 Å². The molecule has 2 rings (SSSR count). The highest BCUT2D eigenvalue weighted by molar-refractivity contribution is 14.0. The lowest BCUT2D eigenvalue weighted by Gasteiger charge is -2.13. The Kier molecular flexibility index (Phi) is 10.4. The highest BCUT2D eigenvalue weighted by atomic mass is 127. The topological polar surface area (TPSA) is 69.6 Å². The van der Waals surface area contributed by atoms with E-state index in [9.17, 15) is 4.79 Å². The van der Waals surface area contributed by atoms with Gasteiger partial charge in [0.25, 0.3) is 5.91 Å². The fraction of sp³-hybridized carbons (Fsp3) is 0.450. The van der Waals surface area contributed by atoms with Gasteiger partial charge in [-0.1, -0.05) is 26.0 Å². The number of guanidine groups is 1. The number of carbonyl (C=O) groups is 1. The van der Waals surface area contributed by atoms with Crippen molar-refractivity contribution < 1.29 is 4.79 Å². The summed E-state index contributed by atoms with van der Waals surface area (Å²) in [6.07, 6.45) is 0.810. The van der Waals surface area contributed by atoms with Gasteiger partial charge in [0.2, 0.25) is 0 Å². The molecule has 1 aromatic heterocycles. The van der Waals surface area contributed by atoms with E-state index in [1.165, 1.54) is 0 Å². The Balaban J connectivity index is 0.00000392. The van der Waals surface area contributed by atoms with Crippen molar-refractivity contribution >= 4 is 47.2 Å². The molecule has 0 unspecified atom stereocenters. The Morgan fingerprint density at radius 3 is 2.64 bits per heavy atom. The molecule has 28 heavy (non-hydrogen) atoms. The summed E-state index contributed by atoms with van der Waals surface area (Å²) in [6.45, 7) is 5.68. The van der Waals surface area contributed by atoms with E-state index >= 15 is 0 Å². The van der Waals surface area contributed by atoms with Crippen LogP contribution in [-0.2, 0) is 13.0 Å². The van der Waals surface area contributed by atoms with Gasteiger partial charge in [0.1, 0.15) is 5.01 Å². The molecule has 0 bridgehead atoms. The van der Waals surface area contributed by atoms with Gasteiger partial charge in [-0.2, -0.15) is 0 Å². The zero-order valence-electron chi connectivity index (χ0n) is 17.2. The van der Waals surface area contributed by atoms with Gasteiger partial charge in [-0.3, -0.25) is 9.79 Å². The molecule has 1 aromatic carbocycles. The van der Waals surface area contributed by atoms with E-state index in [2.05, 4.69) is 39.8 Å². The Hall–Kier alpha value is -1.68. The van der Waals surface area contributed by atoms with Crippen LogP contribution in [0, 0.1) is 0 Å². The van der Waals surface area contributed by atoms with Crippen LogP contribution in [0.4, 0.5) is 0 Å². The average molecular weight is 515 g/mol. The molecule has 0 aliphatic rings. The van der Waals surface area contributed by atoms with Crippen LogP contribution < -0.4 is 10.6 Å². The number of thiazole rings is 1. The zero-order chi connectivity index (χ0) is 19.8. The molecule has 154 valence electrons. The maximum atomic E-state index is 12.1. The van der Waals surface area contributed by atoms with Crippen LogP contribution in [0.25, 0.3) is 0 Å². The summed E-state index contributed by atoms with van der Waals surface area (Å²) in [5.41, 5.74) is 2.96. The molecule has 0 aliphatic heterocycles. The monoisotopic (exact) mass is 515 g/mol. The first-order chi connectivity index (χ1) is 12.9. The summed E-state index contributed by atoms with van der Waals surface area (Å²) < 4.78 is 0. The molecule has 0 spiro atoms. The molecule has 0 saturated heterocycles. The molecule has 6 nitrogen and oxygen atoms in total. The predicted molar refractivity (Wildman–Crippen MR) is 128 cm³/mol. The van der Waals surface area contributed by atoms with Crippen LogP contribution in [-0.4, -0.2) is 49.4 Å². The standard InChI is InChI=1S/C20H29N5OS.HI/c1-14(2)17-13-27-18(24-17)12-23-20(21-3)22-10-9-15-7-6-8-16(11-15)19(26)25(4)5;/h6-8,11,13-14H,9-10,12H2,1-5H3,(H2,21,22,23);1H. The minimum absolute atomic E-state index is 0. The summed E-state index contributed by atoms with van der Waals surface area (Å²) in [7, 11) is 5.28. The minimum atomic E-state index is 0. The van der Waals surface area contributed by atoms with Crippen molar-refractivity contribution in [3.8, 4) is 0 Å². The van der Waals surface area contributed by atoms with E-state index in [1.54, 1.807) is 37.4 Å². The largest absolute Gasteiger partial charge is 0.356 e. The van der Waals surface area contributed by atoms with Gasteiger partial charge in [-0.15, -0.1) is 35.3 Å². The van der Waals surface area contributed by atoms with Gasteiger partial charge in [0.15, 0.2) is 5.96 Å². The first-order valence-corrected chi connectivity index (χ1v) is 9.98. The third-order valence-electron chi connectivity index (χ3n) is 4.08. The van der Waals surface area contributed by atoms with Gasteiger partial charge in [0, 0.05) is 38.6 Å². The summed E-state index contributed by atoms with van der Waals surface area (Å²) >= 11 is 1.67. The molecular formula is C20H30IN5OS. The fourth-order valence-corrected chi connectivity index (χ4v) is 3.39. The molecule has 8 heteroatoms. The van der Waals surface area contributed by atoms with Crippen molar-refractivity contribution in [3.05, 3.63) is 51.5 Å². The number of hydrogen-bond donors (Lipinski definition) is 2. The number of amides is 1. The lowest BCUT2D eigenvalue weighted by molar-refractivity contribution is 0.0827. The Morgan fingerprint density at radius 2 is 2.04 bits per heavy atom. The number of aliphatic imine (C=N–C) groups is 1. The fourth-order valence-electron chi connectivity index (χ4n) is 2.49. The highest BCUT2D eigenvalue weighted by Gasteiger charge is 2.09. The first-order valence-electron chi connectivity index (χ1n) is 9.10. The van der Waals surface area contributed by atoms with Crippen molar-refractivity contribution in [2.45, 2.75) is 32.7 Å². The number of nitrogens with zero attached hydrogens (tertiary/aromatic N) is 3. The second-order valence-electron chi connectivity index (χ2n) is 6.82. The highest BCUT2D eigenvalue weighted by Crippen LogP contribution is 2.17. The third kappa shape index (κ3) is 7.38. The number of rotatable bonds is 7. The third-order valence-corrected chi connectivity index (χ3v) is 4.94. The number of carbonyl (C=O) groups excluding carboxylic acids is 1. The molecule has 0 radical (unpaired) electrons. The van der Waals surface area contributed by atoms with E-state index in [0.717, 1.165) is 35.2 Å². The minimum Gasteiger partial charge on any atom is -0.356 e. The molecule has 2 aromatic rings. The van der Waals surface area contributed by atoms with Crippen molar-refractivity contribution in [1.82, 2.24) is 20.5 Å². The molecular weight excluding hydrogens is 485 g/mol. The summed E-state index contributed by atoms with van der Waals surface area (Å²) in [5, 5.41) is 9.77. The number of aromatic nitrogens is 1. The predicted octanol–water partition coefficient (Wildman–Crippen LogP) is 3.49. The van der Waals surface area contributed by atoms with E-state index < -0.39 is 0 Å². The quantitative estimate of drug-likeness (QED) is 0.337. The van der Waals surface area contributed by atoms with Crippen molar-refractivity contribution in [2.75, 3.05) is 27.7 Å². The van der Waals surface area contributed by atoms with Crippen LogP contribution >= 0.6 is 35.3 Å². The SMILES string of the molecule is CN=C(NCCc1cccc(C(=O)N(C)C)c1)NCc1nc(C(C)C)cs1.I. The molecule has 0 fully saturated rings. The molecule has 0 atom stereocenters. The lowest BCUT2D eigenvalue weighted by Crippen LogP contribution is -2.37. The lowest BCUT2D eigenvalue weighted by atomic mass is 10.1. The first kappa shape index (κ1) is 24.4. The number of halogens is 1. The Bertz CT molecular complexity index is 788. The van der Waals surface area contributed by atoms with E-state index in [0.29, 0.717) is 18.0 Å². The van der Waals surface area contributed by atoms with Crippen LogP contribution in [0.15, 0.2) is 34.6 Å². The molecule has 0 saturated carbocycles. The second-order valence-corrected chi connectivity index (χ2v) is 7.77. The van der Waals surface area contributed by atoms with Gasteiger partial charge in [-0.25, -0.2) is 4.98 Å². The zero-order valence-corrected chi connectivity index (χ0v) is 20.3. The van der Waals surface area contributed by atoms with Gasteiger partial charge in [-0.05, 0) is 30.0 Å². The van der Waals surface area contributed by atoms with Gasteiger partial charge in [0.05, 0.1) is 12.2 Å². The van der Waals surface area contributed by atoms with Gasteiger partial charge < -0.3 is 15.5 Å². The normalized spacial score (nSPS) is 11.1. The molecule has 1 heterocycles. The van der Waals surface area contributed by atoms with Crippen molar-refractivity contribution in [1.29, 1.82) is 0 Å². The Labute approximate surface area is 188 Å². The van der Waals surface area contributed by atoms with E-state index in [1.807, 2.05) is 24.3 Å². The smallest absolute Gasteiger partial charge is 0.253 e. The van der Waals surface area contributed by atoms with Crippen LogP contribution in [0.2, 0.25) is 0 Å². The van der Waals surface area contributed by atoms with Gasteiger partial charge >= 0.3 is 0 Å². The number of nitrogens with one attached hydrogen (secondary N) is 2. The molecule has 2 N–H and O–H groups in total. The Morgan fingerprint density at radius 1 is 1.29 bits per heavy atom. The van der Waals surface area contributed by atoms with Crippen LogP contribution in [0.3, 0.4) is 0 Å². The van der Waals surface area contributed by atoms with Crippen molar-refractivity contribution in [3.63, 3.8) is 0 Å². The summed E-state index contributed by atoms with van der Waals surface area (Å²) in [5.74, 6) is 1.21.